The number of hydrogen-bond acceptors (Lipinski definition) is 5. The number of rotatable bonds is 6. The summed E-state index contributed by atoms with van der Waals surface area (Å²) >= 11 is 0. The molecule has 1 aromatic carbocycles. The van der Waals surface area contributed by atoms with Gasteiger partial charge in [-0.25, -0.2) is 9.97 Å². The molecule has 0 atom stereocenters. The molecule has 1 heterocycles. The lowest BCUT2D eigenvalue weighted by atomic mass is 10.2. The lowest BCUT2D eigenvalue weighted by Crippen LogP contribution is -2.04. The highest BCUT2D eigenvalue weighted by atomic mass is 16.5. The number of methoxy groups -OCH3 is 2. The van der Waals surface area contributed by atoms with Crippen LogP contribution >= 0.6 is 0 Å². The van der Waals surface area contributed by atoms with Crippen LogP contribution in [0.25, 0.3) is 11.4 Å². The molecule has 0 aliphatic heterocycles. The van der Waals surface area contributed by atoms with Gasteiger partial charge in [0.05, 0.1) is 19.4 Å². The highest BCUT2D eigenvalue weighted by Gasteiger charge is 2.07. The number of anilines is 1. The second-order valence-electron chi connectivity index (χ2n) is 4.26. The predicted octanol–water partition coefficient (Wildman–Crippen LogP) is 2.73. The van der Waals surface area contributed by atoms with Crippen molar-refractivity contribution in [2.45, 2.75) is 13.5 Å². The Balaban J connectivity index is 2.37. The van der Waals surface area contributed by atoms with Gasteiger partial charge >= 0.3 is 0 Å². The summed E-state index contributed by atoms with van der Waals surface area (Å²) in [4.78, 5) is 9.03. The maximum absolute atomic E-state index is 5.16. The molecule has 5 heteroatoms. The summed E-state index contributed by atoms with van der Waals surface area (Å²) < 4.78 is 10.3. The van der Waals surface area contributed by atoms with Gasteiger partial charge in [-0.1, -0.05) is 0 Å². The van der Waals surface area contributed by atoms with E-state index in [1.807, 2.05) is 37.3 Å². The fourth-order valence-corrected chi connectivity index (χ4v) is 1.86. The fraction of sp³-hybridized carbons (Fsp3) is 0.333. The molecular formula is C15H19N3O2. The first-order chi connectivity index (χ1) is 9.76. The van der Waals surface area contributed by atoms with E-state index in [1.165, 1.54) is 0 Å². The van der Waals surface area contributed by atoms with Gasteiger partial charge in [-0.05, 0) is 31.2 Å². The van der Waals surface area contributed by atoms with E-state index in [0.717, 1.165) is 29.4 Å². The Morgan fingerprint density at radius 1 is 1.10 bits per heavy atom. The largest absolute Gasteiger partial charge is 0.497 e. The molecule has 0 fully saturated rings. The standard InChI is InChI=1S/C15H19N3O2/c1-4-16-14-9-12(10-19-2)17-15(18-14)11-5-7-13(20-3)8-6-11/h5-9H,4,10H2,1-3H3,(H,16,17,18). The summed E-state index contributed by atoms with van der Waals surface area (Å²) in [7, 11) is 3.30. The average molecular weight is 273 g/mol. The SMILES string of the molecule is CCNc1cc(COC)nc(-c2ccc(OC)cc2)n1. The Bertz CT molecular complexity index is 531. The van der Waals surface area contributed by atoms with Gasteiger partial charge in [-0.3, -0.25) is 0 Å². The van der Waals surface area contributed by atoms with Crippen molar-refractivity contribution in [3.05, 3.63) is 36.0 Å². The summed E-state index contributed by atoms with van der Waals surface area (Å²) in [5, 5.41) is 3.21. The maximum Gasteiger partial charge on any atom is 0.161 e. The van der Waals surface area contributed by atoms with Crippen molar-refractivity contribution < 1.29 is 9.47 Å². The second-order valence-corrected chi connectivity index (χ2v) is 4.26. The van der Waals surface area contributed by atoms with Crippen LogP contribution in [0.2, 0.25) is 0 Å². The molecule has 0 aliphatic carbocycles. The minimum absolute atomic E-state index is 0.462. The van der Waals surface area contributed by atoms with E-state index in [4.69, 9.17) is 9.47 Å². The van der Waals surface area contributed by atoms with Crippen LogP contribution in [0.15, 0.2) is 30.3 Å². The molecule has 20 heavy (non-hydrogen) atoms. The number of nitrogens with one attached hydrogen (secondary N) is 1. The van der Waals surface area contributed by atoms with Gasteiger partial charge in [-0.2, -0.15) is 0 Å². The van der Waals surface area contributed by atoms with E-state index in [0.29, 0.717) is 12.4 Å². The molecule has 0 radical (unpaired) electrons. The molecule has 0 unspecified atom stereocenters. The van der Waals surface area contributed by atoms with E-state index in [-0.39, 0.29) is 0 Å². The zero-order chi connectivity index (χ0) is 14.4. The Kier molecular flexibility index (Phi) is 4.90. The van der Waals surface area contributed by atoms with Gasteiger partial charge in [0.2, 0.25) is 0 Å². The van der Waals surface area contributed by atoms with Crippen molar-refractivity contribution in [1.82, 2.24) is 9.97 Å². The summed E-state index contributed by atoms with van der Waals surface area (Å²) in [6, 6.07) is 9.59. The Morgan fingerprint density at radius 3 is 2.45 bits per heavy atom. The number of benzene rings is 1. The fourth-order valence-electron chi connectivity index (χ4n) is 1.86. The van der Waals surface area contributed by atoms with Gasteiger partial charge < -0.3 is 14.8 Å². The minimum atomic E-state index is 0.462. The number of nitrogens with zero attached hydrogens (tertiary/aromatic N) is 2. The first kappa shape index (κ1) is 14.3. The van der Waals surface area contributed by atoms with Gasteiger partial charge in [0.25, 0.3) is 0 Å². The first-order valence-corrected chi connectivity index (χ1v) is 6.52. The molecule has 0 spiro atoms. The second kappa shape index (κ2) is 6.86. The normalized spacial score (nSPS) is 10.3. The average Bonchev–Trinajstić information content (AvgIpc) is 2.48. The molecular weight excluding hydrogens is 254 g/mol. The molecule has 5 nitrogen and oxygen atoms in total. The van der Waals surface area contributed by atoms with Crippen molar-refractivity contribution in [3.63, 3.8) is 0 Å². The number of aromatic nitrogens is 2. The number of hydrogen-bond donors (Lipinski definition) is 1. The zero-order valence-electron chi connectivity index (χ0n) is 12.0. The maximum atomic E-state index is 5.16. The van der Waals surface area contributed by atoms with Gasteiger partial charge in [0.15, 0.2) is 5.82 Å². The quantitative estimate of drug-likeness (QED) is 0.877. The summed E-state index contributed by atoms with van der Waals surface area (Å²) in [6.45, 7) is 3.31. The molecule has 2 aromatic rings. The van der Waals surface area contributed by atoms with E-state index in [9.17, 15) is 0 Å². The molecule has 1 aromatic heterocycles. The highest BCUT2D eigenvalue weighted by Crippen LogP contribution is 2.21. The van der Waals surface area contributed by atoms with Gasteiger partial charge in [0, 0.05) is 25.3 Å². The van der Waals surface area contributed by atoms with Crippen molar-refractivity contribution in [3.8, 4) is 17.1 Å². The van der Waals surface area contributed by atoms with E-state index in [1.54, 1.807) is 14.2 Å². The van der Waals surface area contributed by atoms with Crippen LogP contribution in [0.5, 0.6) is 5.75 Å². The molecule has 0 saturated heterocycles. The summed E-state index contributed by atoms with van der Waals surface area (Å²) in [5.74, 6) is 2.30. The number of ether oxygens (including phenoxy) is 2. The van der Waals surface area contributed by atoms with Crippen LogP contribution < -0.4 is 10.1 Å². The van der Waals surface area contributed by atoms with Crippen LogP contribution in [0.4, 0.5) is 5.82 Å². The lowest BCUT2D eigenvalue weighted by Gasteiger charge is -2.09. The summed E-state index contributed by atoms with van der Waals surface area (Å²) in [5.41, 5.74) is 1.80. The van der Waals surface area contributed by atoms with E-state index < -0.39 is 0 Å². The summed E-state index contributed by atoms with van der Waals surface area (Å²) in [6.07, 6.45) is 0. The van der Waals surface area contributed by atoms with Crippen molar-refractivity contribution >= 4 is 5.82 Å². The first-order valence-electron chi connectivity index (χ1n) is 6.52. The minimum Gasteiger partial charge on any atom is -0.497 e. The van der Waals surface area contributed by atoms with Crippen LogP contribution in [0, 0.1) is 0 Å². The smallest absolute Gasteiger partial charge is 0.161 e. The topological polar surface area (TPSA) is 56.3 Å². The Hall–Kier alpha value is -2.14. The van der Waals surface area contributed by atoms with Crippen LogP contribution in [0.1, 0.15) is 12.6 Å². The van der Waals surface area contributed by atoms with E-state index in [2.05, 4.69) is 15.3 Å². The molecule has 106 valence electrons. The molecule has 0 saturated carbocycles. The predicted molar refractivity (Wildman–Crippen MR) is 78.9 cm³/mol. The third-order valence-electron chi connectivity index (χ3n) is 2.78. The van der Waals surface area contributed by atoms with Crippen molar-refractivity contribution in [2.75, 3.05) is 26.1 Å². The Morgan fingerprint density at radius 2 is 1.85 bits per heavy atom. The van der Waals surface area contributed by atoms with Crippen LogP contribution in [-0.4, -0.2) is 30.7 Å². The van der Waals surface area contributed by atoms with Crippen molar-refractivity contribution in [2.24, 2.45) is 0 Å². The molecule has 0 bridgehead atoms. The van der Waals surface area contributed by atoms with Crippen LogP contribution in [-0.2, 0) is 11.3 Å². The molecule has 0 amide bonds. The third-order valence-corrected chi connectivity index (χ3v) is 2.78. The van der Waals surface area contributed by atoms with Gasteiger partial charge in [0.1, 0.15) is 11.6 Å². The monoisotopic (exact) mass is 273 g/mol. The van der Waals surface area contributed by atoms with Gasteiger partial charge in [-0.15, -0.1) is 0 Å². The molecule has 1 N–H and O–H groups in total. The Labute approximate surface area is 119 Å². The van der Waals surface area contributed by atoms with E-state index >= 15 is 0 Å². The van der Waals surface area contributed by atoms with Crippen LogP contribution in [0.3, 0.4) is 0 Å². The van der Waals surface area contributed by atoms with Crippen molar-refractivity contribution in [1.29, 1.82) is 0 Å². The molecule has 0 aliphatic rings. The highest BCUT2D eigenvalue weighted by molar-refractivity contribution is 5.58. The lowest BCUT2D eigenvalue weighted by molar-refractivity contribution is 0.181. The third kappa shape index (κ3) is 3.45. The zero-order valence-corrected chi connectivity index (χ0v) is 12.0. The molecule has 2 rings (SSSR count).